The fourth-order valence-corrected chi connectivity index (χ4v) is 3.88. The number of carbonyl (C=O) groups is 3. The number of hydrogen-bond acceptors (Lipinski definition) is 5. The molecule has 6 nitrogen and oxygen atoms in total. The molecule has 1 fully saturated rings. The van der Waals surface area contributed by atoms with Crippen LogP contribution in [0, 0.1) is 0 Å². The maximum absolute atomic E-state index is 12.4. The smallest absolute Gasteiger partial charge is 0.323 e. The van der Waals surface area contributed by atoms with E-state index >= 15 is 0 Å². The Labute approximate surface area is 142 Å². The van der Waals surface area contributed by atoms with Crippen molar-refractivity contribution in [3.05, 3.63) is 33.1 Å². The lowest BCUT2D eigenvalue weighted by atomic mass is 10.1. The summed E-state index contributed by atoms with van der Waals surface area (Å²) in [5.74, 6) is -2.12. The molecule has 0 spiro atoms. The number of nitrogens with one attached hydrogen (secondary N) is 1. The number of thioether (sulfide) groups is 1. The molecule has 2 amide bonds. The molecule has 1 saturated heterocycles. The summed E-state index contributed by atoms with van der Waals surface area (Å²) in [5.41, 5.74) is 1.42. The van der Waals surface area contributed by atoms with E-state index in [0.29, 0.717) is 11.3 Å². The average Bonchev–Trinajstić information content (AvgIpc) is 2.88. The van der Waals surface area contributed by atoms with Gasteiger partial charge in [0.05, 0.1) is 10.5 Å². The van der Waals surface area contributed by atoms with Crippen LogP contribution >= 0.6 is 39.9 Å². The minimum absolute atomic E-state index is 0.131. The van der Waals surface area contributed by atoms with E-state index in [2.05, 4.69) is 21.2 Å². The van der Waals surface area contributed by atoms with Gasteiger partial charge in [-0.25, -0.2) is 0 Å². The van der Waals surface area contributed by atoms with Crippen LogP contribution in [0.3, 0.4) is 0 Å². The fourth-order valence-electron chi connectivity index (χ4n) is 2.19. The molecule has 2 heterocycles. The average molecular weight is 399 g/mol. The van der Waals surface area contributed by atoms with Crippen LogP contribution in [0.5, 0.6) is 0 Å². The normalized spacial score (nSPS) is 20.4. The van der Waals surface area contributed by atoms with Crippen molar-refractivity contribution in [1.82, 2.24) is 4.90 Å². The Morgan fingerprint density at radius 2 is 2.14 bits per heavy atom. The summed E-state index contributed by atoms with van der Waals surface area (Å²) in [6.45, 7) is -0.519. The Morgan fingerprint density at radius 3 is 2.82 bits per heavy atom. The topological polar surface area (TPSA) is 86.7 Å². The van der Waals surface area contributed by atoms with Crippen molar-refractivity contribution in [2.45, 2.75) is 0 Å². The Morgan fingerprint density at radius 1 is 1.41 bits per heavy atom. The lowest BCUT2D eigenvalue weighted by Gasteiger charge is -2.10. The number of rotatable bonds is 2. The van der Waals surface area contributed by atoms with E-state index in [1.54, 1.807) is 18.2 Å². The van der Waals surface area contributed by atoms with E-state index < -0.39 is 24.3 Å². The Bertz CT molecular complexity index is 790. The number of carboxylic acids is 1. The third-order valence-electron chi connectivity index (χ3n) is 3.10. The van der Waals surface area contributed by atoms with Crippen LogP contribution in [-0.2, 0) is 14.4 Å². The van der Waals surface area contributed by atoms with Crippen molar-refractivity contribution in [1.29, 1.82) is 0 Å². The van der Waals surface area contributed by atoms with Crippen molar-refractivity contribution in [2.75, 3.05) is 11.9 Å². The SMILES string of the molecule is O=C(O)CN1C(=O)/C(=C2/C(=O)Nc3ccc(Br)cc32)SC1=S. The Kier molecular flexibility index (Phi) is 3.79. The van der Waals surface area contributed by atoms with Crippen molar-refractivity contribution in [2.24, 2.45) is 0 Å². The van der Waals surface area contributed by atoms with Gasteiger partial charge in [0.25, 0.3) is 11.8 Å². The molecule has 3 rings (SSSR count). The monoisotopic (exact) mass is 398 g/mol. The highest BCUT2D eigenvalue weighted by Gasteiger charge is 2.39. The largest absolute Gasteiger partial charge is 0.480 e. The molecular formula is C13H7BrN2O4S2. The van der Waals surface area contributed by atoms with Gasteiger partial charge < -0.3 is 10.4 Å². The summed E-state index contributed by atoms with van der Waals surface area (Å²) in [6, 6.07) is 5.23. The van der Waals surface area contributed by atoms with E-state index in [0.717, 1.165) is 21.1 Å². The molecule has 0 bridgehead atoms. The molecule has 0 aliphatic carbocycles. The Balaban J connectivity index is 2.10. The van der Waals surface area contributed by atoms with E-state index in [-0.39, 0.29) is 14.8 Å². The molecule has 1 aromatic carbocycles. The molecule has 0 unspecified atom stereocenters. The van der Waals surface area contributed by atoms with Crippen LogP contribution in [0.2, 0.25) is 0 Å². The molecule has 0 aromatic heterocycles. The standard InChI is InChI=1S/C13H7BrN2O4S2/c14-5-1-2-7-6(3-5)9(11(19)15-7)10-12(20)16(4-8(17)18)13(21)22-10/h1-3H,4H2,(H,15,19)(H,17,18)/b10-9-. The van der Waals surface area contributed by atoms with Crippen LogP contribution in [0.4, 0.5) is 5.69 Å². The van der Waals surface area contributed by atoms with Gasteiger partial charge in [-0.15, -0.1) is 0 Å². The van der Waals surface area contributed by atoms with Gasteiger partial charge in [-0.2, -0.15) is 0 Å². The zero-order chi connectivity index (χ0) is 16.0. The zero-order valence-corrected chi connectivity index (χ0v) is 14.0. The molecule has 2 aliphatic heterocycles. The minimum atomic E-state index is -1.17. The van der Waals surface area contributed by atoms with Gasteiger partial charge in [0.15, 0.2) is 0 Å². The number of hydrogen-bond donors (Lipinski definition) is 2. The summed E-state index contributed by atoms with van der Waals surface area (Å²) in [7, 11) is 0. The Hall–Kier alpha value is -1.71. The number of thiocarbonyl (C=S) groups is 1. The number of fused-ring (bicyclic) bond motifs is 1. The molecule has 0 saturated carbocycles. The highest BCUT2D eigenvalue weighted by Crippen LogP contribution is 2.42. The highest BCUT2D eigenvalue weighted by atomic mass is 79.9. The fraction of sp³-hybridized carbons (Fsp3) is 0.0769. The third kappa shape index (κ3) is 2.44. The second kappa shape index (κ2) is 5.49. The second-order valence-corrected chi connectivity index (χ2v) is 7.06. The maximum atomic E-state index is 12.4. The number of amides is 2. The number of benzene rings is 1. The molecule has 112 valence electrons. The maximum Gasteiger partial charge on any atom is 0.323 e. The van der Waals surface area contributed by atoms with Gasteiger partial charge >= 0.3 is 5.97 Å². The zero-order valence-electron chi connectivity index (χ0n) is 10.8. The molecule has 22 heavy (non-hydrogen) atoms. The third-order valence-corrected chi connectivity index (χ3v) is 5.04. The van der Waals surface area contributed by atoms with Crippen molar-refractivity contribution in [3.8, 4) is 0 Å². The van der Waals surface area contributed by atoms with Gasteiger partial charge in [0.2, 0.25) is 0 Å². The summed E-state index contributed by atoms with van der Waals surface area (Å²) >= 11 is 9.31. The molecular weight excluding hydrogens is 392 g/mol. The van der Waals surface area contributed by atoms with E-state index in [9.17, 15) is 14.4 Å². The number of carboxylic acid groups (broad SMARTS) is 1. The highest BCUT2D eigenvalue weighted by molar-refractivity contribution is 9.10. The molecule has 1 aromatic rings. The minimum Gasteiger partial charge on any atom is -0.480 e. The van der Waals surface area contributed by atoms with Gasteiger partial charge in [0, 0.05) is 15.7 Å². The number of aliphatic carboxylic acids is 1. The first-order chi connectivity index (χ1) is 10.4. The summed E-state index contributed by atoms with van der Waals surface area (Å²) in [4.78, 5) is 36.5. The summed E-state index contributed by atoms with van der Waals surface area (Å²) in [6.07, 6.45) is 0. The predicted molar refractivity (Wildman–Crippen MR) is 89.2 cm³/mol. The van der Waals surface area contributed by atoms with E-state index in [1.807, 2.05) is 0 Å². The number of anilines is 1. The van der Waals surface area contributed by atoms with Crippen molar-refractivity contribution in [3.63, 3.8) is 0 Å². The van der Waals surface area contributed by atoms with E-state index in [1.165, 1.54) is 0 Å². The number of halogens is 1. The quantitative estimate of drug-likeness (QED) is 0.585. The van der Waals surface area contributed by atoms with Crippen molar-refractivity contribution < 1.29 is 19.5 Å². The first-order valence-corrected chi connectivity index (χ1v) is 8.01. The first kappa shape index (κ1) is 15.2. The first-order valence-electron chi connectivity index (χ1n) is 5.99. The number of nitrogens with zero attached hydrogens (tertiary/aromatic N) is 1. The summed E-state index contributed by atoms with van der Waals surface area (Å²) in [5, 5.41) is 11.5. The predicted octanol–water partition coefficient (Wildman–Crippen LogP) is 2.06. The van der Waals surface area contributed by atoms with Gasteiger partial charge in [-0.1, -0.05) is 39.9 Å². The lowest BCUT2D eigenvalue weighted by Crippen LogP contribution is -2.33. The van der Waals surface area contributed by atoms with Crippen LogP contribution in [-0.4, -0.2) is 38.7 Å². The van der Waals surface area contributed by atoms with Crippen LogP contribution in [0.1, 0.15) is 5.56 Å². The van der Waals surface area contributed by atoms with Crippen LogP contribution in [0.15, 0.2) is 27.6 Å². The molecule has 2 aliphatic rings. The molecule has 0 atom stereocenters. The van der Waals surface area contributed by atoms with Crippen LogP contribution in [0.25, 0.3) is 5.57 Å². The molecule has 0 radical (unpaired) electrons. The van der Waals surface area contributed by atoms with Crippen molar-refractivity contribution >= 4 is 73.3 Å². The number of carbonyl (C=O) groups excluding carboxylic acids is 2. The van der Waals surface area contributed by atoms with Gasteiger partial charge in [-0.05, 0) is 18.2 Å². The van der Waals surface area contributed by atoms with E-state index in [4.69, 9.17) is 17.3 Å². The molecule has 9 heteroatoms. The van der Waals surface area contributed by atoms with Gasteiger partial charge in [-0.3, -0.25) is 19.3 Å². The van der Waals surface area contributed by atoms with Crippen LogP contribution < -0.4 is 5.32 Å². The summed E-state index contributed by atoms with van der Waals surface area (Å²) < 4.78 is 0.896. The van der Waals surface area contributed by atoms with Gasteiger partial charge in [0.1, 0.15) is 10.9 Å². The second-order valence-electron chi connectivity index (χ2n) is 4.50. The lowest BCUT2D eigenvalue weighted by molar-refractivity contribution is -0.140. The molecule has 2 N–H and O–H groups in total.